The first-order valence-corrected chi connectivity index (χ1v) is 4.11. The Hall–Kier alpha value is -0.860. The van der Waals surface area contributed by atoms with Gasteiger partial charge in [-0.15, -0.1) is 0 Å². The highest BCUT2D eigenvalue weighted by Crippen LogP contribution is 2.45. The molecule has 1 aliphatic rings. The molecule has 12 heavy (non-hydrogen) atoms. The van der Waals surface area contributed by atoms with Gasteiger partial charge in [0.15, 0.2) is 0 Å². The molecular formula is C10H12O2. The van der Waals surface area contributed by atoms with Gasteiger partial charge >= 0.3 is 0 Å². The van der Waals surface area contributed by atoms with Gasteiger partial charge in [0.1, 0.15) is 11.7 Å². The molecule has 2 heteroatoms. The third-order valence-corrected chi connectivity index (χ3v) is 2.46. The number of rotatable bonds is 2. The molecular weight excluding hydrogens is 152 g/mol. The number of aliphatic hydroxyl groups is 1. The topological polar surface area (TPSA) is 32.8 Å². The standard InChI is InChI=1S/C10H12O2/c1-10(9(7-11)12-10)8-5-3-2-4-6-8/h2-6,9,11H,7H2,1H3. The van der Waals surface area contributed by atoms with Gasteiger partial charge in [0.05, 0.1) is 6.61 Å². The van der Waals surface area contributed by atoms with Crippen LogP contribution in [0.15, 0.2) is 30.3 Å². The van der Waals surface area contributed by atoms with Crippen molar-refractivity contribution in [3.05, 3.63) is 35.9 Å². The summed E-state index contributed by atoms with van der Waals surface area (Å²) in [7, 11) is 0. The molecule has 0 bridgehead atoms. The maximum Gasteiger partial charge on any atom is 0.119 e. The van der Waals surface area contributed by atoms with Crippen LogP contribution in [-0.2, 0) is 10.3 Å². The Morgan fingerprint density at radius 3 is 2.58 bits per heavy atom. The molecule has 2 atom stereocenters. The Morgan fingerprint density at radius 2 is 2.08 bits per heavy atom. The molecule has 0 radical (unpaired) electrons. The zero-order valence-electron chi connectivity index (χ0n) is 7.03. The van der Waals surface area contributed by atoms with Crippen LogP contribution in [0.3, 0.4) is 0 Å². The van der Waals surface area contributed by atoms with Gasteiger partial charge in [-0.3, -0.25) is 0 Å². The van der Waals surface area contributed by atoms with Crippen LogP contribution in [0.4, 0.5) is 0 Å². The van der Waals surface area contributed by atoms with Crippen LogP contribution in [-0.4, -0.2) is 17.8 Å². The summed E-state index contributed by atoms with van der Waals surface area (Å²) >= 11 is 0. The molecule has 64 valence electrons. The van der Waals surface area contributed by atoms with E-state index in [1.807, 2.05) is 37.3 Å². The van der Waals surface area contributed by atoms with Gasteiger partial charge in [-0.05, 0) is 12.5 Å². The predicted molar refractivity (Wildman–Crippen MR) is 45.8 cm³/mol. The second-order valence-corrected chi connectivity index (χ2v) is 3.26. The summed E-state index contributed by atoms with van der Waals surface area (Å²) in [4.78, 5) is 0. The number of hydrogen-bond acceptors (Lipinski definition) is 2. The molecule has 1 heterocycles. The average Bonchev–Trinajstić information content (AvgIpc) is 2.81. The fraction of sp³-hybridized carbons (Fsp3) is 0.400. The molecule has 0 aliphatic carbocycles. The van der Waals surface area contributed by atoms with E-state index in [0.29, 0.717) is 0 Å². The summed E-state index contributed by atoms with van der Waals surface area (Å²) in [5, 5.41) is 8.88. The molecule has 1 saturated heterocycles. The summed E-state index contributed by atoms with van der Waals surface area (Å²) in [6.45, 7) is 2.11. The number of benzene rings is 1. The normalized spacial score (nSPS) is 33.3. The Kier molecular flexibility index (Phi) is 1.67. The second kappa shape index (κ2) is 2.57. The van der Waals surface area contributed by atoms with E-state index in [1.165, 1.54) is 0 Å². The third-order valence-electron chi connectivity index (χ3n) is 2.46. The van der Waals surface area contributed by atoms with Gasteiger partial charge in [-0.2, -0.15) is 0 Å². The van der Waals surface area contributed by atoms with Crippen molar-refractivity contribution in [1.82, 2.24) is 0 Å². The summed E-state index contributed by atoms with van der Waals surface area (Å²) in [5.74, 6) is 0. The highest BCUT2D eigenvalue weighted by atomic mass is 16.6. The Labute approximate surface area is 71.8 Å². The molecule has 2 nitrogen and oxygen atoms in total. The number of epoxide rings is 1. The van der Waals surface area contributed by atoms with E-state index in [-0.39, 0.29) is 18.3 Å². The Balaban J connectivity index is 2.23. The first-order chi connectivity index (χ1) is 5.77. The number of hydrogen-bond donors (Lipinski definition) is 1. The van der Waals surface area contributed by atoms with Gasteiger partial charge in [-0.1, -0.05) is 30.3 Å². The fourth-order valence-corrected chi connectivity index (χ4v) is 1.50. The van der Waals surface area contributed by atoms with E-state index in [0.717, 1.165) is 5.56 Å². The van der Waals surface area contributed by atoms with Crippen molar-refractivity contribution in [2.75, 3.05) is 6.61 Å². The van der Waals surface area contributed by atoms with Crippen molar-refractivity contribution in [2.24, 2.45) is 0 Å². The van der Waals surface area contributed by atoms with E-state index in [1.54, 1.807) is 0 Å². The molecule has 0 amide bonds. The predicted octanol–water partition coefficient (Wildman–Crippen LogP) is 1.29. The van der Waals surface area contributed by atoms with Crippen molar-refractivity contribution in [3.63, 3.8) is 0 Å². The van der Waals surface area contributed by atoms with Crippen LogP contribution >= 0.6 is 0 Å². The van der Waals surface area contributed by atoms with Crippen LogP contribution in [0.5, 0.6) is 0 Å². The van der Waals surface area contributed by atoms with E-state index in [9.17, 15) is 0 Å². The minimum Gasteiger partial charge on any atom is -0.394 e. The van der Waals surface area contributed by atoms with Crippen LogP contribution in [0.2, 0.25) is 0 Å². The van der Waals surface area contributed by atoms with Gasteiger partial charge in [0.25, 0.3) is 0 Å². The first kappa shape index (κ1) is 7.77. The van der Waals surface area contributed by atoms with Gasteiger partial charge in [-0.25, -0.2) is 0 Å². The summed E-state index contributed by atoms with van der Waals surface area (Å²) in [6.07, 6.45) is -0.0140. The van der Waals surface area contributed by atoms with E-state index in [4.69, 9.17) is 9.84 Å². The maximum absolute atomic E-state index is 8.88. The van der Waals surface area contributed by atoms with Crippen molar-refractivity contribution in [2.45, 2.75) is 18.6 Å². The third kappa shape index (κ3) is 1.04. The number of ether oxygens (including phenoxy) is 1. The zero-order valence-corrected chi connectivity index (χ0v) is 7.03. The molecule has 1 aliphatic heterocycles. The second-order valence-electron chi connectivity index (χ2n) is 3.26. The lowest BCUT2D eigenvalue weighted by Crippen LogP contribution is -2.09. The SMILES string of the molecule is CC1(c2ccccc2)OC1CO. The zero-order chi connectivity index (χ0) is 8.60. The van der Waals surface area contributed by atoms with Crippen LogP contribution < -0.4 is 0 Å². The molecule has 2 unspecified atom stereocenters. The molecule has 0 saturated carbocycles. The minimum atomic E-state index is -0.240. The molecule has 1 aromatic rings. The Morgan fingerprint density at radius 1 is 1.42 bits per heavy atom. The van der Waals surface area contributed by atoms with Crippen molar-refractivity contribution in [3.8, 4) is 0 Å². The monoisotopic (exact) mass is 164 g/mol. The largest absolute Gasteiger partial charge is 0.394 e. The Bertz CT molecular complexity index is 270. The smallest absolute Gasteiger partial charge is 0.119 e. The van der Waals surface area contributed by atoms with Gasteiger partial charge in [0, 0.05) is 0 Å². The van der Waals surface area contributed by atoms with Crippen LogP contribution in [0, 0.1) is 0 Å². The minimum absolute atomic E-state index is 0.0140. The lowest BCUT2D eigenvalue weighted by molar-refractivity contribution is 0.237. The van der Waals surface area contributed by atoms with E-state index < -0.39 is 0 Å². The summed E-state index contributed by atoms with van der Waals surface area (Å²) in [6, 6.07) is 9.99. The summed E-state index contributed by atoms with van der Waals surface area (Å²) < 4.78 is 5.39. The van der Waals surface area contributed by atoms with E-state index in [2.05, 4.69) is 0 Å². The van der Waals surface area contributed by atoms with Crippen molar-refractivity contribution >= 4 is 0 Å². The highest BCUT2D eigenvalue weighted by molar-refractivity contribution is 5.27. The van der Waals surface area contributed by atoms with Crippen LogP contribution in [0.25, 0.3) is 0 Å². The molecule has 1 fully saturated rings. The molecule has 0 spiro atoms. The average molecular weight is 164 g/mol. The van der Waals surface area contributed by atoms with E-state index >= 15 is 0 Å². The van der Waals surface area contributed by atoms with Crippen LogP contribution in [0.1, 0.15) is 12.5 Å². The van der Waals surface area contributed by atoms with Crippen molar-refractivity contribution in [1.29, 1.82) is 0 Å². The lowest BCUT2D eigenvalue weighted by Gasteiger charge is -2.04. The summed E-state index contributed by atoms with van der Waals surface area (Å²) in [5.41, 5.74) is 0.903. The molecule has 1 aromatic carbocycles. The highest BCUT2D eigenvalue weighted by Gasteiger charge is 2.52. The molecule has 1 N–H and O–H groups in total. The quantitative estimate of drug-likeness (QED) is 0.668. The molecule has 0 aromatic heterocycles. The first-order valence-electron chi connectivity index (χ1n) is 4.11. The fourth-order valence-electron chi connectivity index (χ4n) is 1.50. The molecule has 2 rings (SSSR count). The van der Waals surface area contributed by atoms with Gasteiger partial charge < -0.3 is 9.84 Å². The number of aliphatic hydroxyl groups excluding tert-OH is 1. The van der Waals surface area contributed by atoms with Gasteiger partial charge in [0.2, 0.25) is 0 Å². The van der Waals surface area contributed by atoms with Crippen molar-refractivity contribution < 1.29 is 9.84 Å². The lowest BCUT2D eigenvalue weighted by atomic mass is 9.98. The maximum atomic E-state index is 8.88.